The zero-order chi connectivity index (χ0) is 28.2. The van der Waals surface area contributed by atoms with Gasteiger partial charge in [0.05, 0.1) is 12.2 Å². The van der Waals surface area contributed by atoms with Crippen LogP contribution in [0, 0.1) is 0 Å². The molecule has 2 N–H and O–H groups in total. The molecule has 0 aromatic rings. The monoisotopic (exact) mass is 544 g/mol. The van der Waals surface area contributed by atoms with E-state index in [9.17, 15) is 28.8 Å². The fourth-order valence-electron chi connectivity index (χ4n) is 4.12. The van der Waals surface area contributed by atoms with Crippen LogP contribution in [0.3, 0.4) is 0 Å². The van der Waals surface area contributed by atoms with Gasteiger partial charge in [0.15, 0.2) is 12.2 Å². The summed E-state index contributed by atoms with van der Waals surface area (Å²) in [6, 6.07) is 0. The first-order valence-electron chi connectivity index (χ1n) is 12.5. The van der Waals surface area contributed by atoms with Crippen LogP contribution in [0.1, 0.15) is 53.4 Å². The van der Waals surface area contributed by atoms with Crippen molar-refractivity contribution in [1.29, 1.82) is 0 Å². The van der Waals surface area contributed by atoms with E-state index >= 15 is 0 Å². The topological polar surface area (TPSA) is 182 Å². The van der Waals surface area contributed by atoms with Gasteiger partial charge in [0.2, 0.25) is 12.2 Å². The minimum absolute atomic E-state index is 0.0663. The van der Waals surface area contributed by atoms with Crippen molar-refractivity contribution in [3.05, 3.63) is 0 Å². The predicted octanol–water partition coefficient (Wildman–Crippen LogP) is -0.696. The molecule has 38 heavy (non-hydrogen) atoms. The number of hydrogen-bond donors (Lipinski definition) is 2. The van der Waals surface area contributed by atoms with Crippen molar-refractivity contribution >= 4 is 35.7 Å². The normalized spacial score (nSPS) is 21.8. The molecule has 2 fully saturated rings. The highest BCUT2D eigenvalue weighted by molar-refractivity contribution is 5.87. The van der Waals surface area contributed by atoms with Crippen LogP contribution in [0.2, 0.25) is 0 Å². The molecular formula is C24H36N2O12. The lowest BCUT2D eigenvalue weighted by Crippen LogP contribution is -2.59. The maximum Gasteiger partial charge on any atom is 0.303 e. The van der Waals surface area contributed by atoms with Crippen molar-refractivity contribution < 1.29 is 57.2 Å². The van der Waals surface area contributed by atoms with Gasteiger partial charge in [-0.25, -0.2) is 0 Å². The number of esters is 4. The van der Waals surface area contributed by atoms with E-state index in [0.717, 1.165) is 40.5 Å². The number of rotatable bonds is 13. The van der Waals surface area contributed by atoms with E-state index < -0.39 is 60.1 Å². The summed E-state index contributed by atoms with van der Waals surface area (Å²) in [5.41, 5.74) is 0. The van der Waals surface area contributed by atoms with E-state index in [-0.39, 0.29) is 25.3 Å². The van der Waals surface area contributed by atoms with Gasteiger partial charge in [0, 0.05) is 54.0 Å². The Kier molecular flexibility index (Phi) is 12.4. The molecule has 0 radical (unpaired) electrons. The van der Waals surface area contributed by atoms with Crippen molar-refractivity contribution in [3.63, 3.8) is 0 Å². The van der Waals surface area contributed by atoms with Crippen molar-refractivity contribution in [2.24, 2.45) is 0 Å². The largest absolute Gasteiger partial charge is 0.454 e. The molecule has 0 spiro atoms. The third kappa shape index (κ3) is 10.2. The van der Waals surface area contributed by atoms with Crippen LogP contribution in [-0.4, -0.2) is 98.6 Å². The highest BCUT2D eigenvalue weighted by atomic mass is 16.6. The molecule has 2 saturated heterocycles. The Morgan fingerprint density at radius 2 is 0.974 bits per heavy atom. The van der Waals surface area contributed by atoms with Crippen molar-refractivity contribution in [2.45, 2.75) is 90.0 Å². The Balaban J connectivity index is 2.39. The number of nitrogens with one attached hydrogen (secondary N) is 2. The van der Waals surface area contributed by atoms with Crippen LogP contribution in [0.4, 0.5) is 0 Å². The summed E-state index contributed by atoms with van der Waals surface area (Å²) >= 11 is 0. The maximum atomic E-state index is 13.2. The zero-order valence-corrected chi connectivity index (χ0v) is 22.0. The molecule has 0 unspecified atom stereocenters. The number of carbonyl (C=O) groups is 6. The van der Waals surface area contributed by atoms with Gasteiger partial charge in [-0.1, -0.05) is 0 Å². The first kappa shape index (κ1) is 31.0. The molecule has 14 nitrogen and oxygen atoms in total. The first-order valence-corrected chi connectivity index (χ1v) is 12.5. The molecule has 2 amide bonds. The Morgan fingerprint density at radius 3 is 1.24 bits per heavy atom. The molecule has 0 bridgehead atoms. The van der Waals surface area contributed by atoms with Crippen molar-refractivity contribution in [3.8, 4) is 0 Å². The Bertz CT molecular complexity index is 796. The highest BCUT2D eigenvalue weighted by Crippen LogP contribution is 2.21. The first-order chi connectivity index (χ1) is 18.0. The van der Waals surface area contributed by atoms with Gasteiger partial charge in [-0.15, -0.1) is 0 Å². The quantitative estimate of drug-likeness (QED) is 0.220. The minimum Gasteiger partial charge on any atom is -0.454 e. The molecule has 2 heterocycles. The summed E-state index contributed by atoms with van der Waals surface area (Å²) in [5, 5.41) is 5.13. The Hall–Kier alpha value is -3.26. The average molecular weight is 545 g/mol. The van der Waals surface area contributed by atoms with Gasteiger partial charge in [-0.2, -0.15) is 0 Å². The molecule has 2 aliphatic heterocycles. The zero-order valence-electron chi connectivity index (χ0n) is 22.0. The van der Waals surface area contributed by atoms with E-state index in [0.29, 0.717) is 26.1 Å². The second kappa shape index (κ2) is 15.2. The average Bonchev–Trinajstić information content (AvgIpc) is 3.54. The van der Waals surface area contributed by atoms with Gasteiger partial charge >= 0.3 is 23.9 Å². The van der Waals surface area contributed by atoms with Crippen molar-refractivity contribution in [1.82, 2.24) is 10.6 Å². The van der Waals surface area contributed by atoms with Crippen LogP contribution >= 0.6 is 0 Å². The lowest BCUT2D eigenvalue weighted by atomic mass is 10.00. The molecule has 0 aromatic heterocycles. The number of carbonyl (C=O) groups excluding carboxylic acids is 6. The SMILES string of the molecule is CC(=O)O[C@H]([C@@H](OC(C)=O)[C@H](OC(C)=O)C(=O)NC[C@@H]1CCCO1)[C@H](OC(C)=O)C(=O)NC[C@@H]1CCCO1. The summed E-state index contributed by atoms with van der Waals surface area (Å²) in [4.78, 5) is 74.3. The van der Waals surface area contributed by atoms with Crippen molar-refractivity contribution in [2.75, 3.05) is 26.3 Å². The number of ether oxygens (including phenoxy) is 6. The molecule has 0 aliphatic carbocycles. The molecule has 0 aromatic carbocycles. The van der Waals surface area contributed by atoms with E-state index in [1.807, 2.05) is 0 Å². The second-order valence-electron chi connectivity index (χ2n) is 8.97. The summed E-state index contributed by atoms with van der Waals surface area (Å²) in [6.07, 6.45) is -4.99. The molecular weight excluding hydrogens is 508 g/mol. The molecule has 2 aliphatic rings. The molecule has 0 saturated carbocycles. The van der Waals surface area contributed by atoms with Crippen LogP contribution in [0.25, 0.3) is 0 Å². The van der Waals surface area contributed by atoms with Crippen LogP contribution in [0.15, 0.2) is 0 Å². The molecule has 2 rings (SSSR count). The summed E-state index contributed by atoms with van der Waals surface area (Å²) in [6.45, 7) is 5.24. The molecule has 214 valence electrons. The van der Waals surface area contributed by atoms with Crippen LogP contribution < -0.4 is 10.6 Å². The third-order valence-corrected chi connectivity index (χ3v) is 5.68. The molecule has 14 heteroatoms. The van der Waals surface area contributed by atoms with E-state index in [1.165, 1.54) is 0 Å². The Morgan fingerprint density at radius 1 is 0.632 bits per heavy atom. The fourth-order valence-corrected chi connectivity index (χ4v) is 4.12. The lowest BCUT2D eigenvalue weighted by molar-refractivity contribution is -0.200. The summed E-state index contributed by atoms with van der Waals surface area (Å²) in [7, 11) is 0. The lowest BCUT2D eigenvalue weighted by Gasteiger charge is -2.34. The summed E-state index contributed by atoms with van der Waals surface area (Å²) < 4.78 is 31.9. The number of hydrogen-bond acceptors (Lipinski definition) is 12. The van der Waals surface area contributed by atoms with E-state index in [2.05, 4.69) is 10.6 Å². The smallest absolute Gasteiger partial charge is 0.303 e. The summed E-state index contributed by atoms with van der Waals surface area (Å²) in [5.74, 6) is -5.54. The fraction of sp³-hybridized carbons (Fsp3) is 0.750. The van der Waals surface area contributed by atoms with Gasteiger partial charge in [-0.05, 0) is 25.7 Å². The van der Waals surface area contributed by atoms with Crippen LogP contribution in [0.5, 0.6) is 0 Å². The third-order valence-electron chi connectivity index (χ3n) is 5.68. The van der Waals surface area contributed by atoms with E-state index in [4.69, 9.17) is 28.4 Å². The minimum atomic E-state index is -1.87. The molecule has 6 atom stereocenters. The predicted molar refractivity (Wildman–Crippen MR) is 126 cm³/mol. The van der Waals surface area contributed by atoms with Gasteiger partial charge in [0.1, 0.15) is 0 Å². The second-order valence-corrected chi connectivity index (χ2v) is 8.97. The highest BCUT2D eigenvalue weighted by Gasteiger charge is 2.49. The number of amides is 2. The Labute approximate surface area is 220 Å². The maximum absolute atomic E-state index is 13.2. The van der Waals surface area contributed by atoms with Gasteiger partial charge in [-0.3, -0.25) is 28.8 Å². The van der Waals surface area contributed by atoms with Gasteiger partial charge < -0.3 is 39.1 Å². The standard InChI is InChI=1S/C24H36N2O12/c1-13(27)35-19(21(37-15(3)29)23(31)25-11-17-7-5-9-33-17)20(36-14(2)28)22(38-16(4)30)24(32)26-12-18-8-6-10-34-18/h17-22H,5-12H2,1-4H3,(H,25,31)(H,26,32)/t17-,18-,19+,20+,21-,22-/m0/s1. The van der Waals surface area contributed by atoms with E-state index in [1.54, 1.807) is 0 Å². The van der Waals surface area contributed by atoms with Gasteiger partial charge in [0.25, 0.3) is 11.8 Å². The van der Waals surface area contributed by atoms with Crippen LogP contribution in [-0.2, 0) is 57.2 Å².